The van der Waals surface area contributed by atoms with Crippen molar-refractivity contribution in [1.29, 1.82) is 0 Å². The van der Waals surface area contributed by atoms with E-state index in [1.54, 1.807) is 6.07 Å². The van der Waals surface area contributed by atoms with E-state index in [4.69, 9.17) is 5.11 Å². The summed E-state index contributed by atoms with van der Waals surface area (Å²) in [7, 11) is 0. The van der Waals surface area contributed by atoms with E-state index >= 15 is 0 Å². The molecule has 0 aromatic carbocycles. The van der Waals surface area contributed by atoms with Gasteiger partial charge in [0.05, 0.1) is 12.0 Å². The first-order valence-corrected chi connectivity index (χ1v) is 6.69. The van der Waals surface area contributed by atoms with Gasteiger partial charge in [0.1, 0.15) is 6.04 Å². The Morgan fingerprint density at radius 1 is 1.50 bits per heavy atom. The number of nitrogens with zero attached hydrogens (tertiary/aromatic N) is 2. The zero-order valence-corrected chi connectivity index (χ0v) is 12.0. The number of amides is 2. The second-order valence-electron chi connectivity index (χ2n) is 4.30. The minimum absolute atomic E-state index is 0.273. The van der Waals surface area contributed by atoms with E-state index in [1.165, 1.54) is 17.3 Å². The highest BCUT2D eigenvalue weighted by Gasteiger charge is 2.35. The van der Waals surface area contributed by atoms with Gasteiger partial charge in [-0.3, -0.25) is 19.4 Å². The molecule has 1 aliphatic rings. The van der Waals surface area contributed by atoms with Crippen LogP contribution in [-0.2, 0) is 9.59 Å². The first kappa shape index (κ1) is 14.4. The third-order valence-corrected chi connectivity index (χ3v) is 3.35. The standard InChI is InChI=1S/C12H12BrN3O4/c13-8-3-7(5-14-6-8)12(20)16-2-1-15-11(19)9(16)4-10(17)18/h3,5-6,9H,1-2,4H2,(H,15,19)(H,17,18). The fourth-order valence-corrected chi connectivity index (χ4v) is 2.39. The molecule has 1 atom stereocenters. The molecule has 7 nitrogen and oxygen atoms in total. The Morgan fingerprint density at radius 2 is 2.25 bits per heavy atom. The van der Waals surface area contributed by atoms with E-state index in [0.29, 0.717) is 16.6 Å². The number of carbonyl (C=O) groups excluding carboxylic acids is 2. The molecule has 0 saturated carbocycles. The molecule has 1 aromatic rings. The van der Waals surface area contributed by atoms with Crippen LogP contribution in [0.3, 0.4) is 0 Å². The SMILES string of the molecule is O=C(O)CC1C(=O)NCCN1C(=O)c1cncc(Br)c1. The quantitative estimate of drug-likeness (QED) is 0.821. The van der Waals surface area contributed by atoms with Crippen molar-refractivity contribution >= 4 is 33.7 Å². The fourth-order valence-electron chi connectivity index (χ4n) is 2.02. The molecular formula is C12H12BrN3O4. The molecule has 2 N–H and O–H groups in total. The summed E-state index contributed by atoms with van der Waals surface area (Å²) in [6.45, 7) is 0.581. The summed E-state index contributed by atoms with van der Waals surface area (Å²) < 4.78 is 0.639. The van der Waals surface area contributed by atoms with Gasteiger partial charge in [0.25, 0.3) is 5.91 Å². The Balaban J connectivity index is 2.25. The minimum Gasteiger partial charge on any atom is -0.481 e. The van der Waals surface area contributed by atoms with Gasteiger partial charge in [-0.2, -0.15) is 0 Å². The van der Waals surface area contributed by atoms with Gasteiger partial charge < -0.3 is 15.3 Å². The lowest BCUT2D eigenvalue weighted by atomic mass is 10.1. The second kappa shape index (κ2) is 6.00. The number of hydrogen-bond donors (Lipinski definition) is 2. The van der Waals surface area contributed by atoms with Crippen molar-refractivity contribution in [3.63, 3.8) is 0 Å². The maximum Gasteiger partial charge on any atom is 0.305 e. The van der Waals surface area contributed by atoms with E-state index in [9.17, 15) is 14.4 Å². The van der Waals surface area contributed by atoms with Gasteiger partial charge in [0.15, 0.2) is 0 Å². The number of rotatable bonds is 3. The topological polar surface area (TPSA) is 99.6 Å². The van der Waals surface area contributed by atoms with Crippen LogP contribution in [0.15, 0.2) is 22.9 Å². The van der Waals surface area contributed by atoms with Crippen molar-refractivity contribution in [3.8, 4) is 0 Å². The molecule has 2 amide bonds. The number of aromatic nitrogens is 1. The summed E-state index contributed by atoms with van der Waals surface area (Å²) in [5, 5.41) is 11.4. The number of hydrogen-bond acceptors (Lipinski definition) is 4. The van der Waals surface area contributed by atoms with Crippen molar-refractivity contribution in [2.45, 2.75) is 12.5 Å². The van der Waals surface area contributed by atoms with Crippen LogP contribution < -0.4 is 5.32 Å². The normalized spacial score (nSPS) is 18.6. The van der Waals surface area contributed by atoms with Crippen molar-refractivity contribution in [1.82, 2.24) is 15.2 Å². The molecule has 0 aliphatic carbocycles. The van der Waals surface area contributed by atoms with Crippen molar-refractivity contribution < 1.29 is 19.5 Å². The maximum atomic E-state index is 12.4. The van der Waals surface area contributed by atoms with E-state index < -0.39 is 30.2 Å². The molecule has 0 spiro atoms. The third-order valence-electron chi connectivity index (χ3n) is 2.91. The van der Waals surface area contributed by atoms with Crippen molar-refractivity contribution in [2.75, 3.05) is 13.1 Å². The van der Waals surface area contributed by atoms with E-state index in [2.05, 4.69) is 26.2 Å². The summed E-state index contributed by atoms with van der Waals surface area (Å²) in [5.74, 6) is -1.98. The predicted molar refractivity (Wildman–Crippen MR) is 72.0 cm³/mol. The van der Waals surface area contributed by atoms with Crippen LogP contribution in [0.5, 0.6) is 0 Å². The van der Waals surface area contributed by atoms with Crippen molar-refractivity contribution in [2.24, 2.45) is 0 Å². The molecule has 1 saturated heterocycles. The Morgan fingerprint density at radius 3 is 2.90 bits per heavy atom. The molecule has 2 rings (SSSR count). The zero-order chi connectivity index (χ0) is 14.7. The lowest BCUT2D eigenvalue weighted by Crippen LogP contribution is -2.57. The van der Waals surface area contributed by atoms with Crippen LogP contribution in [-0.4, -0.2) is 51.9 Å². The van der Waals surface area contributed by atoms with Crippen LogP contribution in [0.2, 0.25) is 0 Å². The number of aliphatic carboxylic acids is 1. The summed E-state index contributed by atoms with van der Waals surface area (Å²) in [6, 6.07) is 0.590. The number of nitrogens with one attached hydrogen (secondary N) is 1. The number of carboxylic acids is 1. The molecule has 2 heterocycles. The number of pyridine rings is 1. The average molecular weight is 342 g/mol. The van der Waals surface area contributed by atoms with Gasteiger partial charge in [0, 0.05) is 30.0 Å². The van der Waals surface area contributed by atoms with Gasteiger partial charge in [0.2, 0.25) is 5.91 Å². The first-order valence-electron chi connectivity index (χ1n) is 5.90. The lowest BCUT2D eigenvalue weighted by molar-refractivity contribution is -0.142. The van der Waals surface area contributed by atoms with Gasteiger partial charge in [-0.05, 0) is 22.0 Å². The fraction of sp³-hybridized carbons (Fsp3) is 0.333. The summed E-state index contributed by atoms with van der Waals surface area (Å²) >= 11 is 3.22. The van der Waals surface area contributed by atoms with Gasteiger partial charge in [-0.1, -0.05) is 0 Å². The second-order valence-corrected chi connectivity index (χ2v) is 5.21. The minimum atomic E-state index is -1.13. The third kappa shape index (κ3) is 3.13. The Kier molecular flexibility index (Phi) is 4.33. The van der Waals surface area contributed by atoms with Gasteiger partial charge in [-0.25, -0.2) is 0 Å². The largest absolute Gasteiger partial charge is 0.481 e. The molecular weight excluding hydrogens is 330 g/mol. The molecule has 106 valence electrons. The van der Waals surface area contributed by atoms with Crippen molar-refractivity contribution in [3.05, 3.63) is 28.5 Å². The number of piperazine rings is 1. The van der Waals surface area contributed by atoms with Gasteiger partial charge >= 0.3 is 5.97 Å². The van der Waals surface area contributed by atoms with Crippen LogP contribution in [0.1, 0.15) is 16.8 Å². The Bertz CT molecular complexity index is 563. The molecule has 1 unspecified atom stereocenters. The summed E-state index contributed by atoms with van der Waals surface area (Å²) in [5.41, 5.74) is 0.310. The molecule has 0 radical (unpaired) electrons. The molecule has 1 aliphatic heterocycles. The number of carboxylic acid groups (broad SMARTS) is 1. The van der Waals surface area contributed by atoms with Gasteiger partial charge in [-0.15, -0.1) is 0 Å². The summed E-state index contributed by atoms with van der Waals surface area (Å²) in [4.78, 5) is 40.1. The van der Waals surface area contributed by atoms with E-state index in [0.717, 1.165) is 0 Å². The smallest absolute Gasteiger partial charge is 0.305 e. The zero-order valence-electron chi connectivity index (χ0n) is 10.4. The predicted octanol–water partition coefficient (Wildman–Crippen LogP) is 0.259. The Hall–Kier alpha value is -1.96. The van der Waals surface area contributed by atoms with Crippen LogP contribution in [0, 0.1) is 0 Å². The van der Waals surface area contributed by atoms with Crippen LogP contribution in [0.25, 0.3) is 0 Å². The van der Waals surface area contributed by atoms with Crippen LogP contribution >= 0.6 is 15.9 Å². The maximum absolute atomic E-state index is 12.4. The molecule has 20 heavy (non-hydrogen) atoms. The lowest BCUT2D eigenvalue weighted by Gasteiger charge is -2.34. The number of halogens is 1. The first-order chi connectivity index (χ1) is 9.49. The highest BCUT2D eigenvalue weighted by molar-refractivity contribution is 9.10. The molecule has 0 bridgehead atoms. The molecule has 1 fully saturated rings. The molecule has 1 aromatic heterocycles. The van der Waals surface area contributed by atoms with E-state index in [-0.39, 0.29) is 6.54 Å². The van der Waals surface area contributed by atoms with E-state index in [1.807, 2.05) is 0 Å². The highest BCUT2D eigenvalue weighted by Crippen LogP contribution is 2.16. The Labute approximate surface area is 123 Å². The average Bonchev–Trinajstić information content (AvgIpc) is 2.40. The highest BCUT2D eigenvalue weighted by atomic mass is 79.9. The van der Waals surface area contributed by atoms with Crippen LogP contribution in [0.4, 0.5) is 0 Å². The monoisotopic (exact) mass is 341 g/mol. The number of carbonyl (C=O) groups is 3. The molecule has 8 heteroatoms. The summed E-state index contributed by atoms with van der Waals surface area (Å²) in [6.07, 6.45) is 2.50.